The zero-order chi connectivity index (χ0) is 16.3. The van der Waals surface area contributed by atoms with Crippen molar-refractivity contribution in [3.8, 4) is 5.75 Å². The van der Waals surface area contributed by atoms with Crippen molar-refractivity contribution in [3.05, 3.63) is 78.4 Å². The van der Waals surface area contributed by atoms with E-state index in [4.69, 9.17) is 4.74 Å². The SMILES string of the molecule is C=CCNC(=NC)NCc1ccc(COc2ccccc2)cc1. The van der Waals surface area contributed by atoms with E-state index in [0.717, 1.165) is 23.8 Å². The van der Waals surface area contributed by atoms with Crippen molar-refractivity contribution in [1.82, 2.24) is 10.6 Å². The molecule has 4 heteroatoms. The lowest BCUT2D eigenvalue weighted by Crippen LogP contribution is -2.36. The predicted octanol–water partition coefficient (Wildman–Crippen LogP) is 3.12. The van der Waals surface area contributed by atoms with Crippen LogP contribution >= 0.6 is 0 Å². The quantitative estimate of drug-likeness (QED) is 0.469. The van der Waals surface area contributed by atoms with Gasteiger partial charge in [-0.15, -0.1) is 6.58 Å². The third-order valence-electron chi connectivity index (χ3n) is 3.27. The van der Waals surface area contributed by atoms with Crippen molar-refractivity contribution in [2.75, 3.05) is 13.6 Å². The van der Waals surface area contributed by atoms with E-state index in [1.165, 1.54) is 5.56 Å². The van der Waals surface area contributed by atoms with Crippen LogP contribution < -0.4 is 15.4 Å². The average molecular weight is 309 g/mol. The summed E-state index contributed by atoms with van der Waals surface area (Å²) >= 11 is 0. The molecule has 0 aliphatic heterocycles. The highest BCUT2D eigenvalue weighted by Gasteiger charge is 1.99. The second-order valence-corrected chi connectivity index (χ2v) is 5.01. The van der Waals surface area contributed by atoms with Gasteiger partial charge in [-0.05, 0) is 23.3 Å². The summed E-state index contributed by atoms with van der Waals surface area (Å²) in [5, 5.41) is 6.40. The van der Waals surface area contributed by atoms with Crippen LogP contribution in [0.15, 0.2) is 72.2 Å². The molecule has 0 saturated heterocycles. The second-order valence-electron chi connectivity index (χ2n) is 5.01. The minimum absolute atomic E-state index is 0.570. The van der Waals surface area contributed by atoms with Gasteiger partial charge < -0.3 is 15.4 Å². The Labute approximate surface area is 137 Å². The molecule has 23 heavy (non-hydrogen) atoms. The molecule has 0 amide bonds. The zero-order valence-corrected chi connectivity index (χ0v) is 13.5. The highest BCUT2D eigenvalue weighted by Crippen LogP contribution is 2.12. The third kappa shape index (κ3) is 5.87. The second kappa shape index (κ2) is 9.30. The number of guanidine groups is 1. The molecular weight excluding hydrogens is 286 g/mol. The first-order valence-electron chi connectivity index (χ1n) is 7.63. The van der Waals surface area contributed by atoms with Crippen molar-refractivity contribution in [3.63, 3.8) is 0 Å². The van der Waals surface area contributed by atoms with Crippen LogP contribution in [0.25, 0.3) is 0 Å². The first-order valence-corrected chi connectivity index (χ1v) is 7.63. The van der Waals surface area contributed by atoms with Crippen LogP contribution in [0.3, 0.4) is 0 Å². The molecule has 0 fully saturated rings. The Kier molecular flexibility index (Phi) is 6.72. The highest BCUT2D eigenvalue weighted by atomic mass is 16.5. The van der Waals surface area contributed by atoms with E-state index in [1.807, 2.05) is 30.3 Å². The fourth-order valence-electron chi connectivity index (χ4n) is 2.01. The molecule has 2 rings (SSSR count). The van der Waals surface area contributed by atoms with Crippen LogP contribution in [0.5, 0.6) is 5.75 Å². The molecule has 0 bridgehead atoms. The molecule has 0 saturated carbocycles. The molecule has 0 spiro atoms. The largest absolute Gasteiger partial charge is 0.489 e. The molecule has 2 aromatic rings. The lowest BCUT2D eigenvalue weighted by Gasteiger charge is -2.11. The molecular formula is C19H23N3O. The maximum absolute atomic E-state index is 5.74. The molecule has 120 valence electrons. The number of ether oxygens (including phenoxy) is 1. The Bertz CT molecular complexity index is 621. The Balaban J connectivity index is 1.81. The number of hydrogen-bond acceptors (Lipinski definition) is 2. The van der Waals surface area contributed by atoms with Crippen LogP contribution in [-0.2, 0) is 13.2 Å². The van der Waals surface area contributed by atoms with Crippen LogP contribution in [0.1, 0.15) is 11.1 Å². The predicted molar refractivity (Wildman–Crippen MR) is 95.6 cm³/mol. The summed E-state index contributed by atoms with van der Waals surface area (Å²) in [7, 11) is 1.75. The molecule has 0 aliphatic rings. The topological polar surface area (TPSA) is 45.7 Å². The maximum atomic E-state index is 5.74. The van der Waals surface area contributed by atoms with Gasteiger partial charge >= 0.3 is 0 Å². The van der Waals surface area contributed by atoms with Gasteiger partial charge in [0.15, 0.2) is 5.96 Å². The van der Waals surface area contributed by atoms with E-state index in [2.05, 4.69) is 46.5 Å². The van der Waals surface area contributed by atoms with Crippen LogP contribution in [0.2, 0.25) is 0 Å². The summed E-state index contributed by atoms with van der Waals surface area (Å²) in [4.78, 5) is 4.15. The summed E-state index contributed by atoms with van der Waals surface area (Å²) in [6, 6.07) is 18.2. The molecule has 0 aromatic heterocycles. The van der Waals surface area contributed by atoms with E-state index in [-0.39, 0.29) is 0 Å². The first-order chi connectivity index (χ1) is 11.3. The monoisotopic (exact) mass is 309 g/mol. The number of benzene rings is 2. The van der Waals surface area contributed by atoms with Crippen molar-refractivity contribution >= 4 is 5.96 Å². The first kappa shape index (κ1) is 16.6. The maximum Gasteiger partial charge on any atom is 0.191 e. The van der Waals surface area contributed by atoms with Crippen molar-refractivity contribution in [2.45, 2.75) is 13.2 Å². The molecule has 0 unspecified atom stereocenters. The van der Waals surface area contributed by atoms with E-state index < -0.39 is 0 Å². The number of para-hydroxylation sites is 1. The Hall–Kier alpha value is -2.75. The van der Waals surface area contributed by atoms with E-state index in [9.17, 15) is 0 Å². The zero-order valence-electron chi connectivity index (χ0n) is 13.5. The van der Waals surface area contributed by atoms with Crippen molar-refractivity contribution < 1.29 is 4.74 Å². The van der Waals surface area contributed by atoms with Gasteiger partial charge in [0, 0.05) is 20.1 Å². The lowest BCUT2D eigenvalue weighted by atomic mass is 10.1. The van der Waals surface area contributed by atoms with Gasteiger partial charge in [0.1, 0.15) is 12.4 Å². The highest BCUT2D eigenvalue weighted by molar-refractivity contribution is 5.79. The van der Waals surface area contributed by atoms with Gasteiger partial charge in [0.2, 0.25) is 0 Å². The minimum Gasteiger partial charge on any atom is -0.489 e. The number of nitrogens with one attached hydrogen (secondary N) is 2. The summed E-state index contributed by atoms with van der Waals surface area (Å²) in [6.07, 6.45) is 1.80. The molecule has 0 heterocycles. The van der Waals surface area contributed by atoms with Crippen molar-refractivity contribution in [1.29, 1.82) is 0 Å². The van der Waals surface area contributed by atoms with E-state index in [0.29, 0.717) is 13.2 Å². The standard InChI is InChI=1S/C19H23N3O/c1-3-13-21-19(20-2)22-14-16-9-11-17(12-10-16)15-23-18-7-5-4-6-8-18/h3-12H,1,13-15H2,2H3,(H2,20,21,22). The fraction of sp³-hybridized carbons (Fsp3) is 0.211. The van der Waals surface area contributed by atoms with Crippen molar-refractivity contribution in [2.24, 2.45) is 4.99 Å². The van der Waals surface area contributed by atoms with Crippen LogP contribution in [-0.4, -0.2) is 19.6 Å². The Morgan fingerprint density at radius 2 is 1.74 bits per heavy atom. The summed E-state index contributed by atoms with van der Waals surface area (Å²) in [5.41, 5.74) is 2.33. The Morgan fingerprint density at radius 3 is 2.39 bits per heavy atom. The molecule has 0 atom stereocenters. The smallest absolute Gasteiger partial charge is 0.191 e. The minimum atomic E-state index is 0.570. The van der Waals surface area contributed by atoms with Gasteiger partial charge in [0.25, 0.3) is 0 Å². The Morgan fingerprint density at radius 1 is 1.04 bits per heavy atom. The number of hydrogen-bond donors (Lipinski definition) is 2. The van der Waals surface area contributed by atoms with E-state index >= 15 is 0 Å². The normalized spacial score (nSPS) is 10.9. The number of nitrogens with zero attached hydrogens (tertiary/aromatic N) is 1. The van der Waals surface area contributed by atoms with Gasteiger partial charge in [-0.2, -0.15) is 0 Å². The third-order valence-corrected chi connectivity index (χ3v) is 3.27. The van der Waals surface area contributed by atoms with E-state index in [1.54, 1.807) is 13.1 Å². The molecule has 0 radical (unpaired) electrons. The lowest BCUT2D eigenvalue weighted by molar-refractivity contribution is 0.306. The summed E-state index contributed by atoms with van der Waals surface area (Å²) < 4.78 is 5.74. The fourth-order valence-corrected chi connectivity index (χ4v) is 2.01. The number of aliphatic imine (C=N–C) groups is 1. The summed E-state index contributed by atoms with van der Waals surface area (Å²) in [6.45, 7) is 5.66. The molecule has 2 N–H and O–H groups in total. The van der Waals surface area contributed by atoms with Gasteiger partial charge in [-0.3, -0.25) is 4.99 Å². The van der Waals surface area contributed by atoms with Gasteiger partial charge in [0.05, 0.1) is 0 Å². The van der Waals surface area contributed by atoms with Gasteiger partial charge in [-0.25, -0.2) is 0 Å². The van der Waals surface area contributed by atoms with Crippen LogP contribution in [0, 0.1) is 0 Å². The molecule has 2 aromatic carbocycles. The molecule has 0 aliphatic carbocycles. The molecule has 4 nitrogen and oxygen atoms in total. The van der Waals surface area contributed by atoms with Gasteiger partial charge in [-0.1, -0.05) is 48.5 Å². The number of rotatable bonds is 7. The van der Waals surface area contributed by atoms with Crippen LogP contribution in [0.4, 0.5) is 0 Å². The summed E-state index contributed by atoms with van der Waals surface area (Å²) in [5.74, 6) is 1.65. The average Bonchev–Trinajstić information content (AvgIpc) is 2.62.